The normalized spacial score (nSPS) is 11.5. The van der Waals surface area contributed by atoms with Crippen molar-refractivity contribution in [3.8, 4) is 6.07 Å². The zero-order chi connectivity index (χ0) is 12.5. The molecule has 0 N–H and O–H groups in total. The van der Waals surface area contributed by atoms with Gasteiger partial charge >= 0.3 is 0 Å². The number of rotatable bonds is 2. The van der Waals surface area contributed by atoms with Gasteiger partial charge in [0.2, 0.25) is 0 Å². The molecule has 0 bridgehead atoms. The highest BCUT2D eigenvalue weighted by Gasteiger charge is 2.25. The van der Waals surface area contributed by atoms with Crippen LogP contribution in [0.25, 0.3) is 0 Å². The van der Waals surface area contributed by atoms with Gasteiger partial charge in [-0.2, -0.15) is 5.26 Å². The van der Waals surface area contributed by atoms with E-state index in [0.717, 1.165) is 6.20 Å². The maximum absolute atomic E-state index is 12.6. The number of hydrogen-bond acceptors (Lipinski definition) is 4. The molecule has 0 saturated carbocycles. The highest BCUT2D eigenvalue weighted by Crippen LogP contribution is 2.30. The first-order valence-electron chi connectivity index (χ1n) is 3.91. The SMILES string of the molecule is Cc1ncc(S(=O)(=O)Cl)c(C#N)c1C(F)F. The van der Waals surface area contributed by atoms with Gasteiger partial charge < -0.3 is 0 Å². The molecule has 0 saturated heterocycles. The Morgan fingerprint density at radius 1 is 1.56 bits per heavy atom. The van der Waals surface area contributed by atoms with Crippen LogP contribution in [0, 0.1) is 18.3 Å². The Balaban J connectivity index is 3.72. The molecule has 0 spiro atoms. The largest absolute Gasteiger partial charge is 0.266 e. The van der Waals surface area contributed by atoms with Crippen molar-refractivity contribution in [1.82, 2.24) is 4.98 Å². The number of alkyl halides is 2. The number of aromatic nitrogens is 1. The van der Waals surface area contributed by atoms with E-state index in [1.807, 2.05) is 0 Å². The Bertz CT molecular complexity index is 566. The van der Waals surface area contributed by atoms with Crippen molar-refractivity contribution in [3.63, 3.8) is 0 Å². The first kappa shape index (κ1) is 12.8. The average molecular weight is 267 g/mol. The average Bonchev–Trinajstić information content (AvgIpc) is 2.14. The summed E-state index contributed by atoms with van der Waals surface area (Å²) in [6, 6.07) is 1.41. The lowest BCUT2D eigenvalue weighted by molar-refractivity contribution is 0.149. The zero-order valence-electron chi connectivity index (χ0n) is 7.91. The summed E-state index contributed by atoms with van der Waals surface area (Å²) >= 11 is 0. The van der Waals surface area contributed by atoms with Crippen LogP contribution in [0.2, 0.25) is 0 Å². The molecule has 86 valence electrons. The van der Waals surface area contributed by atoms with Crippen LogP contribution < -0.4 is 0 Å². The van der Waals surface area contributed by atoms with E-state index in [-0.39, 0.29) is 5.69 Å². The van der Waals surface area contributed by atoms with Crippen molar-refractivity contribution >= 4 is 19.7 Å². The van der Waals surface area contributed by atoms with E-state index in [1.54, 1.807) is 0 Å². The van der Waals surface area contributed by atoms with Gasteiger partial charge in [0.1, 0.15) is 11.0 Å². The lowest BCUT2D eigenvalue weighted by Crippen LogP contribution is -2.05. The quantitative estimate of drug-likeness (QED) is 0.769. The highest BCUT2D eigenvalue weighted by atomic mass is 35.7. The van der Waals surface area contributed by atoms with Crippen molar-refractivity contribution in [2.24, 2.45) is 0 Å². The molecule has 8 heteroatoms. The third kappa shape index (κ3) is 2.28. The van der Waals surface area contributed by atoms with E-state index in [9.17, 15) is 17.2 Å². The fourth-order valence-electron chi connectivity index (χ4n) is 1.17. The molecule has 0 radical (unpaired) electrons. The summed E-state index contributed by atoms with van der Waals surface area (Å²) in [5.41, 5.74) is -1.46. The minimum Gasteiger partial charge on any atom is -0.260 e. The van der Waals surface area contributed by atoms with Crippen LogP contribution in [0.15, 0.2) is 11.1 Å². The number of pyridine rings is 1. The predicted molar refractivity (Wildman–Crippen MR) is 51.7 cm³/mol. The molecule has 0 aliphatic carbocycles. The van der Waals surface area contributed by atoms with Crippen LogP contribution in [0.5, 0.6) is 0 Å². The molecule has 0 atom stereocenters. The first-order valence-corrected chi connectivity index (χ1v) is 6.22. The zero-order valence-corrected chi connectivity index (χ0v) is 9.48. The number of aryl methyl sites for hydroxylation is 1. The molecule has 0 aliphatic heterocycles. The van der Waals surface area contributed by atoms with Gasteiger partial charge in [-0.3, -0.25) is 4.98 Å². The van der Waals surface area contributed by atoms with Crippen molar-refractivity contribution in [2.75, 3.05) is 0 Å². The van der Waals surface area contributed by atoms with E-state index < -0.39 is 31.5 Å². The second-order valence-corrected chi connectivity index (χ2v) is 5.38. The topological polar surface area (TPSA) is 70.8 Å². The van der Waals surface area contributed by atoms with Crippen LogP contribution in [-0.2, 0) is 9.05 Å². The third-order valence-electron chi connectivity index (χ3n) is 1.87. The van der Waals surface area contributed by atoms with Crippen molar-refractivity contribution < 1.29 is 17.2 Å². The molecule has 0 amide bonds. The lowest BCUT2D eigenvalue weighted by atomic mass is 10.1. The highest BCUT2D eigenvalue weighted by molar-refractivity contribution is 8.13. The van der Waals surface area contributed by atoms with Crippen molar-refractivity contribution in [1.29, 1.82) is 5.26 Å². The summed E-state index contributed by atoms with van der Waals surface area (Å²) in [7, 11) is 0.743. The van der Waals surface area contributed by atoms with Gasteiger partial charge in [-0.25, -0.2) is 17.2 Å². The van der Waals surface area contributed by atoms with Gasteiger partial charge in [-0.15, -0.1) is 0 Å². The Morgan fingerprint density at radius 3 is 2.50 bits per heavy atom. The molecule has 1 heterocycles. The Labute approximate surface area is 94.9 Å². The third-order valence-corrected chi connectivity index (χ3v) is 3.21. The Morgan fingerprint density at radius 2 is 2.12 bits per heavy atom. The van der Waals surface area contributed by atoms with E-state index in [1.165, 1.54) is 13.0 Å². The van der Waals surface area contributed by atoms with E-state index in [2.05, 4.69) is 4.98 Å². The molecule has 1 aromatic heterocycles. The summed E-state index contributed by atoms with van der Waals surface area (Å²) in [5.74, 6) is 0. The molecular formula is C8H5ClF2N2O2S. The number of nitrogens with zero attached hydrogens (tertiary/aromatic N) is 2. The van der Waals surface area contributed by atoms with Crippen LogP contribution in [0.1, 0.15) is 23.2 Å². The van der Waals surface area contributed by atoms with E-state index >= 15 is 0 Å². The van der Waals surface area contributed by atoms with Crippen LogP contribution >= 0.6 is 10.7 Å². The van der Waals surface area contributed by atoms with Gasteiger partial charge in [0, 0.05) is 22.6 Å². The molecule has 0 fully saturated rings. The summed E-state index contributed by atoms with van der Waals surface area (Å²) in [5, 5.41) is 8.70. The van der Waals surface area contributed by atoms with Crippen LogP contribution in [-0.4, -0.2) is 13.4 Å². The predicted octanol–water partition coefficient (Wildman–Crippen LogP) is 2.13. The van der Waals surface area contributed by atoms with Crippen molar-refractivity contribution in [3.05, 3.63) is 23.0 Å². The molecule has 0 aliphatic rings. The number of hydrogen-bond donors (Lipinski definition) is 0. The summed E-state index contributed by atoms with van der Waals surface area (Å²) < 4.78 is 47.3. The van der Waals surface area contributed by atoms with Crippen LogP contribution in [0.3, 0.4) is 0 Å². The summed E-state index contributed by atoms with van der Waals surface area (Å²) in [6.07, 6.45) is -2.19. The summed E-state index contributed by atoms with van der Waals surface area (Å²) in [4.78, 5) is 2.78. The monoisotopic (exact) mass is 266 g/mol. The molecular weight excluding hydrogens is 262 g/mol. The molecule has 0 unspecified atom stereocenters. The molecule has 4 nitrogen and oxygen atoms in total. The fourth-order valence-corrected chi connectivity index (χ4v) is 2.10. The summed E-state index contributed by atoms with van der Waals surface area (Å²) in [6.45, 7) is 1.26. The minimum absolute atomic E-state index is 0.101. The Kier molecular flexibility index (Phi) is 3.45. The van der Waals surface area contributed by atoms with Gasteiger partial charge in [0.25, 0.3) is 15.5 Å². The first-order chi connectivity index (χ1) is 7.29. The standard InChI is InChI=1S/C8H5ClF2N2O2S/c1-4-7(8(10)11)5(2-12)6(3-13-4)16(9,14)15/h3,8H,1H3. The van der Waals surface area contributed by atoms with Crippen molar-refractivity contribution in [2.45, 2.75) is 18.2 Å². The van der Waals surface area contributed by atoms with E-state index in [0.29, 0.717) is 0 Å². The second-order valence-electron chi connectivity index (χ2n) is 2.85. The number of nitriles is 1. The molecule has 1 aromatic rings. The van der Waals surface area contributed by atoms with E-state index in [4.69, 9.17) is 15.9 Å². The minimum atomic E-state index is -4.26. The second kappa shape index (κ2) is 4.31. The molecule has 0 aromatic carbocycles. The molecule has 1 rings (SSSR count). The lowest BCUT2D eigenvalue weighted by Gasteiger charge is -2.08. The van der Waals surface area contributed by atoms with Gasteiger partial charge in [-0.1, -0.05) is 0 Å². The van der Waals surface area contributed by atoms with Gasteiger partial charge in [0.15, 0.2) is 0 Å². The maximum Gasteiger partial charge on any atom is 0.266 e. The van der Waals surface area contributed by atoms with Gasteiger partial charge in [0.05, 0.1) is 11.1 Å². The van der Waals surface area contributed by atoms with Crippen LogP contribution in [0.4, 0.5) is 8.78 Å². The number of halogens is 3. The Hall–Kier alpha value is -1.26. The molecule has 16 heavy (non-hydrogen) atoms. The smallest absolute Gasteiger partial charge is 0.260 e. The van der Waals surface area contributed by atoms with Gasteiger partial charge in [-0.05, 0) is 6.92 Å². The maximum atomic E-state index is 12.6. The fraction of sp³-hybridized carbons (Fsp3) is 0.250.